The molecule has 0 aromatic carbocycles. The maximum absolute atomic E-state index is 11.6. The van der Waals surface area contributed by atoms with E-state index in [2.05, 4.69) is 0 Å². The summed E-state index contributed by atoms with van der Waals surface area (Å²) in [6.07, 6.45) is -2.50. The van der Waals surface area contributed by atoms with Gasteiger partial charge in [0.05, 0.1) is 6.10 Å². The Hall–Kier alpha value is -1.63. The largest absolute Gasteiger partial charge is 0.463 e. The Morgan fingerprint density at radius 1 is 0.917 bits per heavy atom. The summed E-state index contributed by atoms with van der Waals surface area (Å²) in [4.78, 5) is 34.3. The Morgan fingerprint density at radius 2 is 1.42 bits per heavy atom. The van der Waals surface area contributed by atoms with Crippen LogP contribution in [0.15, 0.2) is 0 Å². The number of hydrogen-bond acceptors (Lipinski definition) is 7. The fourth-order valence-electron chi connectivity index (χ4n) is 3.32. The molecule has 0 N–H and O–H groups in total. The summed E-state index contributed by atoms with van der Waals surface area (Å²) in [5.74, 6) is -1.64. The van der Waals surface area contributed by atoms with Crippen LogP contribution in [0.4, 0.5) is 0 Å². The fourth-order valence-corrected chi connectivity index (χ4v) is 3.32. The molecule has 0 bridgehead atoms. The minimum absolute atomic E-state index is 0.0771. The predicted octanol–water partition coefficient (Wildman–Crippen LogP) is 1.86. The molecule has 0 aromatic heterocycles. The van der Waals surface area contributed by atoms with Gasteiger partial charge in [-0.3, -0.25) is 14.4 Å². The van der Waals surface area contributed by atoms with Crippen molar-refractivity contribution in [2.75, 3.05) is 6.61 Å². The molecular weight excluding hydrogens is 316 g/mol. The zero-order valence-electron chi connectivity index (χ0n) is 15.5. The molecule has 0 radical (unpaired) electrons. The van der Waals surface area contributed by atoms with Crippen LogP contribution in [0.2, 0.25) is 0 Å². The predicted molar refractivity (Wildman–Crippen MR) is 85.0 cm³/mol. The summed E-state index contributed by atoms with van der Waals surface area (Å²) in [6.45, 7) is 11.7. The van der Waals surface area contributed by atoms with E-state index in [-0.39, 0.29) is 24.0 Å². The molecule has 0 aromatic rings. The van der Waals surface area contributed by atoms with Crippen molar-refractivity contribution in [3.8, 4) is 0 Å². The summed E-state index contributed by atoms with van der Waals surface area (Å²) in [5.41, 5.74) is -0.260. The van der Waals surface area contributed by atoms with Crippen LogP contribution < -0.4 is 0 Å². The van der Waals surface area contributed by atoms with E-state index in [1.807, 2.05) is 27.7 Å². The zero-order valence-corrected chi connectivity index (χ0v) is 15.5. The van der Waals surface area contributed by atoms with Crippen molar-refractivity contribution in [3.63, 3.8) is 0 Å². The SMILES string of the molecule is CC(=O)OCC1OC(C)C(C(C)(C)C)C(OC(C)=O)C1OC(C)=O. The Balaban J connectivity index is 3.19. The van der Waals surface area contributed by atoms with E-state index >= 15 is 0 Å². The fraction of sp³-hybridized carbons (Fsp3) is 0.824. The van der Waals surface area contributed by atoms with Gasteiger partial charge in [-0.25, -0.2) is 0 Å². The molecule has 1 fully saturated rings. The maximum Gasteiger partial charge on any atom is 0.303 e. The number of rotatable bonds is 4. The first kappa shape index (κ1) is 20.4. The molecule has 1 heterocycles. The standard InChI is InChI=1S/C17H28O7/c1-9-14(17(5,6)7)16(24-12(4)20)15(23-11(3)19)13(22-9)8-21-10(2)18/h9,13-16H,8H2,1-7H3. The van der Waals surface area contributed by atoms with Gasteiger partial charge in [0.2, 0.25) is 0 Å². The Kier molecular flexibility index (Phi) is 6.77. The molecule has 0 aliphatic carbocycles. The Bertz CT molecular complexity index is 480. The van der Waals surface area contributed by atoms with E-state index in [1.54, 1.807) is 0 Å². The van der Waals surface area contributed by atoms with Crippen molar-refractivity contribution in [2.24, 2.45) is 11.3 Å². The lowest BCUT2D eigenvalue weighted by Gasteiger charge is -2.49. The molecule has 1 saturated heterocycles. The summed E-state index contributed by atoms with van der Waals surface area (Å²) >= 11 is 0. The van der Waals surface area contributed by atoms with Crippen molar-refractivity contribution < 1.29 is 33.3 Å². The molecular formula is C17H28O7. The van der Waals surface area contributed by atoms with Crippen LogP contribution in [0.3, 0.4) is 0 Å². The highest BCUT2D eigenvalue weighted by molar-refractivity contribution is 5.67. The first-order chi connectivity index (χ1) is 10.9. The molecule has 0 amide bonds. The van der Waals surface area contributed by atoms with Gasteiger partial charge in [0.15, 0.2) is 6.10 Å². The highest BCUT2D eigenvalue weighted by Crippen LogP contribution is 2.41. The number of carbonyl (C=O) groups is 3. The van der Waals surface area contributed by atoms with E-state index in [4.69, 9.17) is 18.9 Å². The van der Waals surface area contributed by atoms with E-state index in [1.165, 1.54) is 20.8 Å². The van der Waals surface area contributed by atoms with Gasteiger partial charge >= 0.3 is 17.9 Å². The summed E-state index contributed by atoms with van der Waals surface area (Å²) in [5, 5.41) is 0. The average molecular weight is 344 g/mol. The van der Waals surface area contributed by atoms with Crippen LogP contribution in [-0.4, -0.2) is 48.9 Å². The second kappa shape index (κ2) is 7.96. The topological polar surface area (TPSA) is 88.1 Å². The van der Waals surface area contributed by atoms with Gasteiger partial charge in [-0.05, 0) is 12.3 Å². The summed E-state index contributed by atoms with van der Waals surface area (Å²) in [6, 6.07) is 0. The molecule has 1 rings (SSSR count). The second-order valence-electron chi connectivity index (χ2n) is 7.22. The minimum Gasteiger partial charge on any atom is -0.463 e. The molecule has 7 nitrogen and oxygen atoms in total. The van der Waals surface area contributed by atoms with E-state index in [0.29, 0.717) is 0 Å². The monoisotopic (exact) mass is 344 g/mol. The van der Waals surface area contributed by atoms with Crippen LogP contribution >= 0.6 is 0 Å². The van der Waals surface area contributed by atoms with Gasteiger partial charge in [0, 0.05) is 26.7 Å². The van der Waals surface area contributed by atoms with Crippen LogP contribution in [0, 0.1) is 11.3 Å². The quantitative estimate of drug-likeness (QED) is 0.568. The van der Waals surface area contributed by atoms with E-state index in [0.717, 1.165) is 0 Å². The van der Waals surface area contributed by atoms with Gasteiger partial charge in [-0.1, -0.05) is 20.8 Å². The lowest BCUT2D eigenvalue weighted by molar-refractivity contribution is -0.243. The maximum atomic E-state index is 11.6. The first-order valence-electron chi connectivity index (χ1n) is 8.06. The molecule has 5 unspecified atom stereocenters. The number of carbonyl (C=O) groups excluding carboxylic acids is 3. The molecule has 24 heavy (non-hydrogen) atoms. The molecule has 1 aliphatic rings. The van der Waals surface area contributed by atoms with Crippen LogP contribution in [0.5, 0.6) is 0 Å². The second-order valence-corrected chi connectivity index (χ2v) is 7.22. The van der Waals surface area contributed by atoms with Gasteiger partial charge in [0.25, 0.3) is 0 Å². The van der Waals surface area contributed by atoms with Gasteiger partial charge in [-0.15, -0.1) is 0 Å². The number of ether oxygens (including phenoxy) is 4. The van der Waals surface area contributed by atoms with E-state index in [9.17, 15) is 14.4 Å². The average Bonchev–Trinajstić information content (AvgIpc) is 2.36. The molecule has 7 heteroatoms. The molecule has 0 saturated carbocycles. The normalized spacial score (nSPS) is 30.4. The van der Waals surface area contributed by atoms with E-state index < -0.39 is 36.2 Å². The van der Waals surface area contributed by atoms with Crippen molar-refractivity contribution in [3.05, 3.63) is 0 Å². The third kappa shape index (κ3) is 5.47. The Morgan fingerprint density at radius 3 is 1.83 bits per heavy atom. The zero-order chi connectivity index (χ0) is 18.7. The third-order valence-corrected chi connectivity index (χ3v) is 3.99. The third-order valence-electron chi connectivity index (χ3n) is 3.99. The Labute approximate surface area is 143 Å². The molecule has 5 atom stereocenters. The smallest absolute Gasteiger partial charge is 0.303 e. The van der Waals surface area contributed by atoms with Crippen molar-refractivity contribution >= 4 is 17.9 Å². The highest BCUT2D eigenvalue weighted by Gasteiger charge is 2.52. The lowest BCUT2D eigenvalue weighted by atomic mass is 9.70. The van der Waals surface area contributed by atoms with Gasteiger partial charge in [-0.2, -0.15) is 0 Å². The molecule has 138 valence electrons. The molecule has 0 spiro atoms. The van der Waals surface area contributed by atoms with Crippen molar-refractivity contribution in [2.45, 2.75) is 72.9 Å². The highest BCUT2D eigenvalue weighted by atomic mass is 16.6. The molecule has 1 aliphatic heterocycles. The van der Waals surface area contributed by atoms with Crippen LogP contribution in [-0.2, 0) is 33.3 Å². The summed E-state index contributed by atoms with van der Waals surface area (Å²) in [7, 11) is 0. The van der Waals surface area contributed by atoms with Crippen LogP contribution in [0.25, 0.3) is 0 Å². The van der Waals surface area contributed by atoms with Gasteiger partial charge < -0.3 is 18.9 Å². The van der Waals surface area contributed by atoms with Crippen molar-refractivity contribution in [1.82, 2.24) is 0 Å². The first-order valence-corrected chi connectivity index (χ1v) is 8.06. The minimum atomic E-state index is -0.842. The number of hydrogen-bond donors (Lipinski definition) is 0. The van der Waals surface area contributed by atoms with Gasteiger partial charge in [0.1, 0.15) is 18.8 Å². The van der Waals surface area contributed by atoms with Crippen molar-refractivity contribution in [1.29, 1.82) is 0 Å². The van der Waals surface area contributed by atoms with Crippen LogP contribution in [0.1, 0.15) is 48.5 Å². The summed E-state index contributed by atoms with van der Waals surface area (Å²) < 4.78 is 21.9. The lowest BCUT2D eigenvalue weighted by Crippen LogP contribution is -2.60. The number of esters is 3.